The largest absolute Gasteiger partial charge is 0.491 e. The molecular weight excluding hydrogens is 412 g/mol. The van der Waals surface area contributed by atoms with E-state index in [1.54, 1.807) is 31.2 Å². The van der Waals surface area contributed by atoms with E-state index >= 15 is 0 Å². The molecule has 1 unspecified atom stereocenters. The summed E-state index contributed by atoms with van der Waals surface area (Å²) in [7, 11) is -3.59. The zero-order valence-corrected chi connectivity index (χ0v) is 18.7. The van der Waals surface area contributed by atoms with Gasteiger partial charge in [0.15, 0.2) is 0 Å². The number of carbonyl (C=O) groups is 1. The van der Waals surface area contributed by atoms with Crippen molar-refractivity contribution in [3.63, 3.8) is 0 Å². The van der Waals surface area contributed by atoms with Gasteiger partial charge in [-0.3, -0.25) is 4.79 Å². The van der Waals surface area contributed by atoms with Crippen LogP contribution in [0.15, 0.2) is 42.5 Å². The van der Waals surface area contributed by atoms with Crippen molar-refractivity contribution in [3.8, 4) is 5.75 Å². The van der Waals surface area contributed by atoms with Crippen LogP contribution in [0.5, 0.6) is 5.75 Å². The fourth-order valence-electron chi connectivity index (χ4n) is 2.65. The van der Waals surface area contributed by atoms with Crippen molar-refractivity contribution in [2.75, 3.05) is 19.4 Å². The van der Waals surface area contributed by atoms with Crippen molar-refractivity contribution < 1.29 is 17.9 Å². The molecule has 0 spiro atoms. The summed E-state index contributed by atoms with van der Waals surface area (Å²) >= 11 is 6.12. The molecule has 8 heteroatoms. The molecule has 2 aromatic carbocycles. The number of benzene rings is 2. The fourth-order valence-corrected chi connectivity index (χ4v) is 3.58. The van der Waals surface area contributed by atoms with Gasteiger partial charge < -0.3 is 10.1 Å². The second-order valence-corrected chi connectivity index (χ2v) is 9.54. The van der Waals surface area contributed by atoms with Gasteiger partial charge in [0.1, 0.15) is 12.4 Å². The third-order valence-electron chi connectivity index (χ3n) is 4.48. The number of aryl methyl sites for hydroxylation is 2. The van der Waals surface area contributed by atoms with Crippen LogP contribution < -0.4 is 10.1 Å². The summed E-state index contributed by atoms with van der Waals surface area (Å²) in [4.78, 5) is 12.4. The lowest BCUT2D eigenvalue weighted by atomic mass is 10.1. The molecule has 29 heavy (non-hydrogen) atoms. The maximum absolute atomic E-state index is 12.4. The number of nitrogens with one attached hydrogen (secondary N) is 1. The van der Waals surface area contributed by atoms with Gasteiger partial charge in [-0.05, 0) is 55.7 Å². The minimum atomic E-state index is -3.59. The number of hydrogen-bond donors (Lipinski definition) is 1. The molecule has 0 bridgehead atoms. The Labute approximate surface area is 177 Å². The number of halogens is 1. The van der Waals surface area contributed by atoms with Crippen LogP contribution in [0, 0.1) is 13.8 Å². The van der Waals surface area contributed by atoms with Gasteiger partial charge in [-0.25, -0.2) is 8.42 Å². The molecule has 0 saturated heterocycles. The summed E-state index contributed by atoms with van der Waals surface area (Å²) in [5, 5.41) is 3.23. The molecule has 2 rings (SSSR count). The summed E-state index contributed by atoms with van der Waals surface area (Å²) in [6.07, 6.45) is 1.07. The summed E-state index contributed by atoms with van der Waals surface area (Å²) in [5.41, 5.74) is 2.94. The zero-order valence-electron chi connectivity index (χ0n) is 17.1. The maximum atomic E-state index is 12.4. The first-order chi connectivity index (χ1) is 13.6. The number of nitrogens with zero attached hydrogens (tertiary/aromatic N) is 1. The van der Waals surface area contributed by atoms with Crippen molar-refractivity contribution in [1.29, 1.82) is 0 Å². The Balaban J connectivity index is 1.93. The number of sulfonamides is 1. The minimum Gasteiger partial charge on any atom is -0.491 e. The second-order valence-electron chi connectivity index (χ2n) is 7.15. The average molecular weight is 439 g/mol. The first-order valence-electron chi connectivity index (χ1n) is 9.24. The van der Waals surface area contributed by atoms with E-state index in [-0.39, 0.29) is 25.7 Å². The van der Waals surface area contributed by atoms with Crippen LogP contribution >= 0.6 is 11.6 Å². The van der Waals surface area contributed by atoms with Gasteiger partial charge in [-0.1, -0.05) is 35.9 Å². The van der Waals surface area contributed by atoms with E-state index < -0.39 is 15.9 Å². The van der Waals surface area contributed by atoms with E-state index in [0.29, 0.717) is 10.6 Å². The summed E-state index contributed by atoms with van der Waals surface area (Å²) in [6.45, 7) is 5.84. The molecule has 1 atom stereocenters. The van der Waals surface area contributed by atoms with Crippen molar-refractivity contribution in [2.45, 2.75) is 33.4 Å². The van der Waals surface area contributed by atoms with E-state index in [1.165, 1.54) is 5.56 Å². The SMILES string of the molecule is Cc1ccc(OCC(C)NC(=O)CN(Cc2ccccc2Cl)S(C)(=O)=O)cc1C. The highest BCUT2D eigenvalue weighted by atomic mass is 35.5. The van der Waals surface area contributed by atoms with E-state index in [0.717, 1.165) is 21.9 Å². The number of rotatable bonds is 9. The monoisotopic (exact) mass is 438 g/mol. The molecule has 0 saturated carbocycles. The number of amides is 1. The topological polar surface area (TPSA) is 75.7 Å². The highest BCUT2D eigenvalue weighted by molar-refractivity contribution is 7.88. The number of carbonyl (C=O) groups excluding carboxylic acids is 1. The smallest absolute Gasteiger partial charge is 0.235 e. The molecule has 6 nitrogen and oxygen atoms in total. The molecule has 0 aliphatic carbocycles. The van der Waals surface area contributed by atoms with Crippen LogP contribution in [0.25, 0.3) is 0 Å². The second kappa shape index (κ2) is 10.1. The van der Waals surface area contributed by atoms with Crippen molar-refractivity contribution >= 4 is 27.5 Å². The van der Waals surface area contributed by atoms with Crippen LogP contribution in [-0.2, 0) is 21.4 Å². The van der Waals surface area contributed by atoms with E-state index in [9.17, 15) is 13.2 Å². The van der Waals surface area contributed by atoms with Crippen molar-refractivity contribution in [1.82, 2.24) is 9.62 Å². The van der Waals surface area contributed by atoms with Crippen molar-refractivity contribution in [3.05, 3.63) is 64.2 Å². The quantitative estimate of drug-likeness (QED) is 0.651. The summed E-state index contributed by atoms with van der Waals surface area (Å²) in [6, 6.07) is 12.5. The van der Waals surface area contributed by atoms with Crippen molar-refractivity contribution in [2.24, 2.45) is 0 Å². The Bertz CT molecular complexity index is 963. The molecule has 158 valence electrons. The molecular formula is C21H27ClN2O4S. The van der Waals surface area contributed by atoms with Crippen LogP contribution in [-0.4, -0.2) is 44.1 Å². The van der Waals surface area contributed by atoms with E-state index in [1.807, 2.05) is 32.0 Å². The summed E-state index contributed by atoms with van der Waals surface area (Å²) < 4.78 is 31.1. The molecule has 0 radical (unpaired) electrons. The fraction of sp³-hybridized carbons (Fsp3) is 0.381. The molecule has 1 N–H and O–H groups in total. The molecule has 0 aliphatic heterocycles. The van der Waals surface area contributed by atoms with E-state index in [2.05, 4.69) is 5.32 Å². The Morgan fingerprint density at radius 3 is 2.48 bits per heavy atom. The lowest BCUT2D eigenvalue weighted by molar-refractivity contribution is -0.122. The lowest BCUT2D eigenvalue weighted by Crippen LogP contribution is -2.44. The Morgan fingerprint density at radius 2 is 1.86 bits per heavy atom. The first kappa shape index (κ1) is 23.2. The van der Waals surface area contributed by atoms with Crippen LogP contribution in [0.3, 0.4) is 0 Å². The predicted octanol–water partition coefficient (Wildman–Crippen LogP) is 3.30. The third-order valence-corrected chi connectivity index (χ3v) is 6.04. The number of ether oxygens (including phenoxy) is 1. The Kier molecular flexibility index (Phi) is 8.07. The predicted molar refractivity (Wildman–Crippen MR) is 116 cm³/mol. The molecule has 0 fully saturated rings. The van der Waals surface area contributed by atoms with Gasteiger partial charge in [-0.2, -0.15) is 4.31 Å². The first-order valence-corrected chi connectivity index (χ1v) is 11.5. The molecule has 2 aromatic rings. The van der Waals surface area contributed by atoms with Crippen LogP contribution in [0.2, 0.25) is 5.02 Å². The molecule has 0 aromatic heterocycles. The van der Waals surface area contributed by atoms with E-state index in [4.69, 9.17) is 16.3 Å². The minimum absolute atomic E-state index is 0.0272. The highest BCUT2D eigenvalue weighted by Gasteiger charge is 2.22. The summed E-state index contributed by atoms with van der Waals surface area (Å²) in [5.74, 6) is 0.323. The maximum Gasteiger partial charge on any atom is 0.235 e. The Morgan fingerprint density at radius 1 is 1.17 bits per heavy atom. The average Bonchev–Trinajstić information content (AvgIpc) is 2.63. The van der Waals surface area contributed by atoms with Crippen LogP contribution in [0.4, 0.5) is 0 Å². The van der Waals surface area contributed by atoms with Gasteiger partial charge in [0, 0.05) is 11.6 Å². The standard InChI is InChI=1S/C21H27ClN2O4S/c1-15-9-10-19(11-16(15)2)28-14-17(3)23-21(25)13-24(29(4,26)27)12-18-7-5-6-8-20(18)22/h5-11,17H,12-14H2,1-4H3,(H,23,25). The number of hydrogen-bond acceptors (Lipinski definition) is 4. The van der Waals surface area contributed by atoms with Crippen LogP contribution in [0.1, 0.15) is 23.6 Å². The Hall–Kier alpha value is -2.09. The normalized spacial score (nSPS) is 12.6. The van der Waals surface area contributed by atoms with Gasteiger partial charge in [-0.15, -0.1) is 0 Å². The lowest BCUT2D eigenvalue weighted by Gasteiger charge is -2.22. The zero-order chi connectivity index (χ0) is 21.6. The molecule has 0 aliphatic rings. The van der Waals surface area contributed by atoms with Gasteiger partial charge in [0.25, 0.3) is 0 Å². The molecule has 1 amide bonds. The molecule has 0 heterocycles. The van der Waals surface area contributed by atoms with Gasteiger partial charge >= 0.3 is 0 Å². The van der Waals surface area contributed by atoms with Gasteiger partial charge in [0.05, 0.1) is 18.8 Å². The highest BCUT2D eigenvalue weighted by Crippen LogP contribution is 2.18. The van der Waals surface area contributed by atoms with Gasteiger partial charge in [0.2, 0.25) is 15.9 Å². The third kappa shape index (κ3) is 7.34.